The first-order valence-electron chi connectivity index (χ1n) is 14.8. The van der Waals surface area contributed by atoms with E-state index in [0.29, 0.717) is 16.9 Å². The van der Waals surface area contributed by atoms with Crippen molar-refractivity contribution < 1.29 is 42.6 Å². The summed E-state index contributed by atoms with van der Waals surface area (Å²) in [6.07, 6.45) is -1.65. The molecular formula is C33H41ClFN3O8. The predicted octanol–water partition coefficient (Wildman–Crippen LogP) is 5.29. The zero-order valence-electron chi connectivity index (χ0n) is 27.2. The third-order valence-electron chi connectivity index (χ3n) is 6.96. The standard InChI is InChI=1S/C33H41ClFN3O8/c1-17(2)13-24(37-31(43)46-32(4,5)6)30(42)36-16-26(40)44-28-27(38-29(41)20-9-11-23(35)22(34)15-20)21-14-19(18(3)39)10-12-25(21)45-33(28,7)8/h9-12,14-15,17,24,27-28H,13,16H2,1-8H3,(H,36,42)(H,37,43)(H,38,41)/t24-,27-,28-/m0/s1. The lowest BCUT2D eigenvalue weighted by Gasteiger charge is -2.44. The number of fused-ring (bicyclic) bond motifs is 1. The number of ketones is 1. The molecular weight excluding hydrogens is 621 g/mol. The maximum atomic E-state index is 13.8. The number of ether oxygens (including phenoxy) is 3. The van der Waals surface area contributed by atoms with Gasteiger partial charge in [0.2, 0.25) is 5.91 Å². The fourth-order valence-electron chi connectivity index (χ4n) is 4.85. The van der Waals surface area contributed by atoms with Gasteiger partial charge in [-0.1, -0.05) is 25.4 Å². The van der Waals surface area contributed by atoms with Crippen molar-refractivity contribution in [2.45, 2.75) is 91.2 Å². The molecule has 0 saturated carbocycles. The molecule has 0 radical (unpaired) electrons. The van der Waals surface area contributed by atoms with Crippen LogP contribution in [0, 0.1) is 11.7 Å². The van der Waals surface area contributed by atoms with Gasteiger partial charge in [-0.25, -0.2) is 9.18 Å². The van der Waals surface area contributed by atoms with E-state index in [1.54, 1.807) is 46.8 Å². The van der Waals surface area contributed by atoms with Gasteiger partial charge in [0, 0.05) is 16.7 Å². The highest BCUT2D eigenvalue weighted by molar-refractivity contribution is 6.31. The van der Waals surface area contributed by atoms with Gasteiger partial charge in [0.15, 0.2) is 11.9 Å². The Hall–Kier alpha value is -4.19. The summed E-state index contributed by atoms with van der Waals surface area (Å²) in [6.45, 7) is 13.0. The minimum atomic E-state index is -1.21. The van der Waals surface area contributed by atoms with Crippen LogP contribution in [0.4, 0.5) is 9.18 Å². The van der Waals surface area contributed by atoms with Gasteiger partial charge in [0.25, 0.3) is 5.91 Å². The Bertz CT molecular complexity index is 1500. The molecule has 0 spiro atoms. The van der Waals surface area contributed by atoms with Crippen molar-refractivity contribution in [1.82, 2.24) is 16.0 Å². The van der Waals surface area contributed by atoms with Gasteiger partial charge in [-0.3, -0.25) is 19.2 Å². The van der Waals surface area contributed by atoms with Crippen molar-refractivity contribution in [3.05, 3.63) is 63.9 Å². The first-order chi connectivity index (χ1) is 21.3. The third kappa shape index (κ3) is 9.65. The average molecular weight is 662 g/mol. The van der Waals surface area contributed by atoms with Crippen LogP contribution in [0.5, 0.6) is 5.75 Å². The highest BCUT2D eigenvalue weighted by atomic mass is 35.5. The first-order valence-corrected chi connectivity index (χ1v) is 15.2. The van der Waals surface area contributed by atoms with Gasteiger partial charge < -0.3 is 30.2 Å². The number of hydrogen-bond donors (Lipinski definition) is 3. The molecule has 250 valence electrons. The number of carbonyl (C=O) groups excluding carboxylic acids is 5. The normalized spacial score (nSPS) is 17.5. The Morgan fingerprint density at radius 3 is 2.28 bits per heavy atom. The number of carbonyl (C=O) groups is 5. The Balaban J connectivity index is 1.85. The van der Waals surface area contributed by atoms with Crippen LogP contribution in [0.2, 0.25) is 5.02 Å². The van der Waals surface area contributed by atoms with Crippen molar-refractivity contribution in [2.75, 3.05) is 6.54 Å². The number of esters is 1. The van der Waals surface area contributed by atoms with E-state index < -0.39 is 65.6 Å². The molecule has 3 amide bonds. The largest absolute Gasteiger partial charge is 0.484 e. The number of alkyl carbamates (subject to hydrolysis) is 1. The van der Waals surface area contributed by atoms with Crippen molar-refractivity contribution in [2.24, 2.45) is 5.92 Å². The molecule has 13 heteroatoms. The summed E-state index contributed by atoms with van der Waals surface area (Å²) in [5.41, 5.74) is -1.24. The van der Waals surface area contributed by atoms with E-state index in [1.165, 1.54) is 25.1 Å². The van der Waals surface area contributed by atoms with Gasteiger partial charge in [0.05, 0.1) is 11.1 Å². The molecule has 2 aromatic rings. The summed E-state index contributed by atoms with van der Waals surface area (Å²) in [5, 5.41) is 7.62. The molecule has 3 atom stereocenters. The zero-order valence-corrected chi connectivity index (χ0v) is 28.0. The lowest BCUT2D eigenvalue weighted by Crippen LogP contribution is -2.56. The molecule has 0 unspecified atom stereocenters. The van der Waals surface area contributed by atoms with Crippen molar-refractivity contribution >= 4 is 41.3 Å². The lowest BCUT2D eigenvalue weighted by molar-refractivity contribution is -0.164. The smallest absolute Gasteiger partial charge is 0.408 e. The molecule has 0 aliphatic carbocycles. The van der Waals surface area contributed by atoms with E-state index >= 15 is 0 Å². The molecule has 46 heavy (non-hydrogen) atoms. The minimum absolute atomic E-state index is 0.0261. The molecule has 1 heterocycles. The van der Waals surface area contributed by atoms with Crippen molar-refractivity contribution in [3.8, 4) is 5.75 Å². The SMILES string of the molecule is CC(=O)c1ccc2c(c1)[C@H](NC(=O)c1ccc(F)c(Cl)c1)[C@H](OC(=O)CNC(=O)[C@H](CC(C)C)NC(=O)OC(C)(C)C)C(C)(C)O2. The van der Waals surface area contributed by atoms with Gasteiger partial charge in [0.1, 0.15) is 35.4 Å². The predicted molar refractivity (Wildman–Crippen MR) is 168 cm³/mol. The molecule has 0 bridgehead atoms. The van der Waals surface area contributed by atoms with Crippen LogP contribution in [0.1, 0.15) is 94.1 Å². The van der Waals surface area contributed by atoms with E-state index in [9.17, 15) is 28.4 Å². The van der Waals surface area contributed by atoms with E-state index in [-0.39, 0.29) is 28.7 Å². The maximum Gasteiger partial charge on any atom is 0.408 e. The number of hydrogen-bond acceptors (Lipinski definition) is 8. The Labute approximate surface area is 272 Å². The molecule has 3 N–H and O–H groups in total. The number of rotatable bonds is 10. The van der Waals surface area contributed by atoms with E-state index in [2.05, 4.69) is 16.0 Å². The number of nitrogens with one attached hydrogen (secondary N) is 3. The second-order valence-corrected chi connectivity index (χ2v) is 13.5. The summed E-state index contributed by atoms with van der Waals surface area (Å²) < 4.78 is 31.0. The molecule has 0 saturated heterocycles. The van der Waals surface area contributed by atoms with Crippen molar-refractivity contribution in [3.63, 3.8) is 0 Å². The van der Waals surface area contributed by atoms with Crippen LogP contribution in [-0.2, 0) is 19.1 Å². The van der Waals surface area contributed by atoms with Crippen molar-refractivity contribution in [1.29, 1.82) is 0 Å². The highest BCUT2D eigenvalue weighted by Crippen LogP contribution is 2.42. The van der Waals surface area contributed by atoms with E-state index in [1.807, 2.05) is 13.8 Å². The highest BCUT2D eigenvalue weighted by Gasteiger charge is 2.47. The quantitative estimate of drug-likeness (QED) is 0.230. The summed E-state index contributed by atoms with van der Waals surface area (Å²) >= 11 is 5.90. The third-order valence-corrected chi connectivity index (χ3v) is 7.25. The van der Waals surface area contributed by atoms with Gasteiger partial charge in [-0.05, 0) is 90.3 Å². The Kier molecular flexibility index (Phi) is 11.4. The molecule has 0 aromatic heterocycles. The number of amides is 3. The van der Waals surface area contributed by atoms with Crippen LogP contribution in [0.3, 0.4) is 0 Å². The van der Waals surface area contributed by atoms with Gasteiger partial charge in [-0.2, -0.15) is 0 Å². The molecule has 1 aliphatic heterocycles. The van der Waals surface area contributed by atoms with Crippen LogP contribution in [0.15, 0.2) is 36.4 Å². The van der Waals surface area contributed by atoms with E-state index in [4.69, 9.17) is 25.8 Å². The average Bonchev–Trinajstić information content (AvgIpc) is 2.92. The van der Waals surface area contributed by atoms with Gasteiger partial charge in [-0.15, -0.1) is 0 Å². The summed E-state index contributed by atoms with van der Waals surface area (Å²) in [5.74, 6) is -2.69. The molecule has 1 aliphatic rings. The Morgan fingerprint density at radius 2 is 1.70 bits per heavy atom. The monoisotopic (exact) mass is 661 g/mol. The molecule has 11 nitrogen and oxygen atoms in total. The van der Waals surface area contributed by atoms with Crippen LogP contribution < -0.4 is 20.7 Å². The second kappa shape index (κ2) is 14.5. The summed E-state index contributed by atoms with van der Waals surface area (Å²) in [4.78, 5) is 64.2. The summed E-state index contributed by atoms with van der Waals surface area (Å²) in [7, 11) is 0. The minimum Gasteiger partial charge on any atom is -0.484 e. The van der Waals surface area contributed by atoms with Crippen LogP contribution >= 0.6 is 11.6 Å². The summed E-state index contributed by atoms with van der Waals surface area (Å²) in [6, 6.07) is 6.17. The fraction of sp³-hybridized carbons (Fsp3) is 0.485. The number of halogens is 2. The Morgan fingerprint density at radius 1 is 1.04 bits per heavy atom. The maximum absolute atomic E-state index is 13.8. The lowest BCUT2D eigenvalue weighted by atomic mass is 9.85. The second-order valence-electron chi connectivity index (χ2n) is 13.1. The zero-order chi connectivity index (χ0) is 34.6. The number of benzene rings is 2. The first kappa shape index (κ1) is 36.3. The van der Waals surface area contributed by atoms with E-state index in [0.717, 1.165) is 6.07 Å². The fourth-order valence-corrected chi connectivity index (χ4v) is 5.03. The van der Waals surface area contributed by atoms with Gasteiger partial charge >= 0.3 is 12.1 Å². The topological polar surface area (TPSA) is 149 Å². The van der Waals surface area contributed by atoms with Crippen LogP contribution in [-0.4, -0.2) is 59.6 Å². The molecule has 0 fully saturated rings. The number of Topliss-reactive ketones (excluding diaryl/α,β-unsaturated/α-hetero) is 1. The van der Waals surface area contributed by atoms with Crippen LogP contribution in [0.25, 0.3) is 0 Å². The molecule has 2 aromatic carbocycles. The molecule has 3 rings (SSSR count).